The molecule has 4 rings (SSSR count). The Hall–Kier alpha value is -3.01. The third-order valence-corrected chi connectivity index (χ3v) is 5.19. The van der Waals surface area contributed by atoms with Gasteiger partial charge in [-0.2, -0.15) is 13.2 Å². The number of amides is 1. The molecule has 1 saturated carbocycles. The maximum Gasteiger partial charge on any atom is 0.433 e. The monoisotopic (exact) mass is 436 g/mol. The van der Waals surface area contributed by atoms with Crippen LogP contribution in [0.25, 0.3) is 11.4 Å². The fourth-order valence-electron chi connectivity index (χ4n) is 3.37. The topological polar surface area (TPSA) is 85.6 Å². The quantitative estimate of drug-likeness (QED) is 0.631. The molecule has 1 aliphatic rings. The number of imidazole rings is 1. The molecule has 0 unspecified atom stereocenters. The number of hydrogen-bond donors (Lipinski definition) is 1. The maximum atomic E-state index is 12.8. The average molecular weight is 437 g/mol. The van der Waals surface area contributed by atoms with E-state index in [4.69, 9.17) is 11.6 Å². The van der Waals surface area contributed by atoms with E-state index in [0.29, 0.717) is 29.8 Å². The van der Waals surface area contributed by atoms with Gasteiger partial charge in [-0.25, -0.2) is 15.0 Å². The van der Waals surface area contributed by atoms with Gasteiger partial charge in [-0.05, 0) is 36.5 Å². The van der Waals surface area contributed by atoms with E-state index in [0.717, 1.165) is 12.3 Å². The van der Waals surface area contributed by atoms with Crippen molar-refractivity contribution in [1.82, 2.24) is 29.8 Å². The Bertz CT molecular complexity index is 1090. The van der Waals surface area contributed by atoms with Crippen LogP contribution in [0.1, 0.15) is 40.6 Å². The standard InChI is InChI=1S/C19H16ClF3N6O/c1-29-9-24-8-14(29)13-7-16(20)28-17(27-13)18(30)26-12-4-11(5-12)10-2-3-25-15(6-10)19(21,22)23/h2-3,6-9,11-12H,4-5H2,1H3,(H,26,30). The molecule has 3 heterocycles. The molecule has 1 N–H and O–H groups in total. The predicted molar refractivity (Wildman–Crippen MR) is 102 cm³/mol. The van der Waals surface area contributed by atoms with Crippen molar-refractivity contribution in [3.63, 3.8) is 0 Å². The van der Waals surface area contributed by atoms with E-state index in [1.807, 2.05) is 0 Å². The number of nitrogens with one attached hydrogen (secondary N) is 1. The van der Waals surface area contributed by atoms with E-state index in [2.05, 4.69) is 25.3 Å². The highest BCUT2D eigenvalue weighted by Gasteiger charge is 2.36. The molecule has 0 aliphatic heterocycles. The molecule has 1 amide bonds. The minimum absolute atomic E-state index is 0.0783. The highest BCUT2D eigenvalue weighted by molar-refractivity contribution is 6.29. The zero-order chi connectivity index (χ0) is 21.5. The lowest BCUT2D eigenvalue weighted by atomic mass is 9.76. The van der Waals surface area contributed by atoms with Gasteiger partial charge >= 0.3 is 6.18 Å². The Morgan fingerprint density at radius 3 is 2.70 bits per heavy atom. The first-order chi connectivity index (χ1) is 14.2. The van der Waals surface area contributed by atoms with Crippen LogP contribution in [0.3, 0.4) is 0 Å². The molecule has 0 saturated heterocycles. The van der Waals surface area contributed by atoms with Crippen molar-refractivity contribution in [3.8, 4) is 11.4 Å². The molecule has 0 atom stereocenters. The number of aryl methyl sites for hydroxylation is 1. The van der Waals surface area contributed by atoms with Gasteiger partial charge in [0, 0.05) is 25.4 Å². The Balaban J connectivity index is 1.42. The van der Waals surface area contributed by atoms with Crippen LogP contribution in [0, 0.1) is 0 Å². The summed E-state index contributed by atoms with van der Waals surface area (Å²) in [7, 11) is 1.79. The summed E-state index contributed by atoms with van der Waals surface area (Å²) < 4.78 is 40.2. The van der Waals surface area contributed by atoms with Gasteiger partial charge in [-0.1, -0.05) is 11.6 Å². The summed E-state index contributed by atoms with van der Waals surface area (Å²) in [6.45, 7) is 0. The molecule has 0 spiro atoms. The molecule has 156 valence electrons. The minimum Gasteiger partial charge on any atom is -0.347 e. The number of carbonyl (C=O) groups is 1. The molecule has 0 bridgehead atoms. The zero-order valence-electron chi connectivity index (χ0n) is 15.7. The van der Waals surface area contributed by atoms with E-state index in [-0.39, 0.29) is 22.9 Å². The van der Waals surface area contributed by atoms with Gasteiger partial charge in [0.05, 0.1) is 23.9 Å². The summed E-state index contributed by atoms with van der Waals surface area (Å²) in [6.07, 6.45) is 0.904. The molecule has 1 aliphatic carbocycles. The van der Waals surface area contributed by atoms with Crippen LogP contribution in [0.15, 0.2) is 36.9 Å². The van der Waals surface area contributed by atoms with Crippen LogP contribution in [-0.2, 0) is 13.2 Å². The second-order valence-corrected chi connectivity index (χ2v) is 7.49. The molecule has 0 aromatic carbocycles. The first-order valence-electron chi connectivity index (χ1n) is 9.06. The summed E-state index contributed by atoms with van der Waals surface area (Å²) in [4.78, 5) is 28.2. The summed E-state index contributed by atoms with van der Waals surface area (Å²) in [6, 6.07) is 3.98. The predicted octanol–water partition coefficient (Wildman–Crippen LogP) is 3.62. The molecule has 30 heavy (non-hydrogen) atoms. The van der Waals surface area contributed by atoms with Crippen molar-refractivity contribution >= 4 is 17.5 Å². The van der Waals surface area contributed by atoms with Crippen LogP contribution < -0.4 is 5.32 Å². The van der Waals surface area contributed by atoms with Crippen molar-refractivity contribution < 1.29 is 18.0 Å². The van der Waals surface area contributed by atoms with Gasteiger partial charge < -0.3 is 9.88 Å². The fraction of sp³-hybridized carbons (Fsp3) is 0.316. The first-order valence-corrected chi connectivity index (χ1v) is 9.44. The van der Waals surface area contributed by atoms with Crippen molar-refractivity contribution in [3.05, 3.63) is 59.2 Å². The zero-order valence-corrected chi connectivity index (χ0v) is 16.4. The van der Waals surface area contributed by atoms with Crippen LogP contribution in [0.2, 0.25) is 5.15 Å². The van der Waals surface area contributed by atoms with Gasteiger partial charge in [0.25, 0.3) is 5.91 Å². The largest absolute Gasteiger partial charge is 0.433 e. The number of halogens is 4. The van der Waals surface area contributed by atoms with Crippen LogP contribution in [-0.4, -0.2) is 36.5 Å². The molecular weight excluding hydrogens is 421 g/mol. The second-order valence-electron chi connectivity index (χ2n) is 7.10. The number of nitrogens with zero attached hydrogens (tertiary/aromatic N) is 5. The molecule has 11 heteroatoms. The molecule has 7 nitrogen and oxygen atoms in total. The van der Waals surface area contributed by atoms with E-state index in [1.54, 1.807) is 30.2 Å². The Kier molecular flexibility index (Phi) is 5.19. The molecule has 3 aromatic rings. The molecule has 0 radical (unpaired) electrons. The molecule has 3 aromatic heterocycles. The Morgan fingerprint density at radius 1 is 1.27 bits per heavy atom. The molecular formula is C19H16ClF3N6O. The van der Waals surface area contributed by atoms with Gasteiger partial charge in [0.1, 0.15) is 10.8 Å². The number of carbonyl (C=O) groups excluding carboxylic acids is 1. The summed E-state index contributed by atoms with van der Waals surface area (Å²) in [5.41, 5.74) is 0.779. The summed E-state index contributed by atoms with van der Waals surface area (Å²) in [5.74, 6) is -0.648. The number of aromatic nitrogens is 5. The maximum absolute atomic E-state index is 12.8. The third kappa shape index (κ3) is 4.13. The number of alkyl halides is 3. The van der Waals surface area contributed by atoms with E-state index in [9.17, 15) is 18.0 Å². The number of rotatable bonds is 4. The van der Waals surface area contributed by atoms with Crippen LogP contribution in [0.5, 0.6) is 0 Å². The van der Waals surface area contributed by atoms with Crippen LogP contribution in [0.4, 0.5) is 13.2 Å². The average Bonchev–Trinajstić information content (AvgIpc) is 3.09. The van der Waals surface area contributed by atoms with Gasteiger partial charge in [-0.3, -0.25) is 9.78 Å². The van der Waals surface area contributed by atoms with Gasteiger partial charge in [-0.15, -0.1) is 0 Å². The van der Waals surface area contributed by atoms with E-state index in [1.165, 1.54) is 6.07 Å². The Morgan fingerprint density at radius 2 is 2.03 bits per heavy atom. The lowest BCUT2D eigenvalue weighted by Gasteiger charge is -2.36. The van der Waals surface area contributed by atoms with Crippen LogP contribution >= 0.6 is 11.6 Å². The van der Waals surface area contributed by atoms with E-state index >= 15 is 0 Å². The highest BCUT2D eigenvalue weighted by Crippen LogP contribution is 2.38. The Labute approximate surface area is 174 Å². The summed E-state index contributed by atoms with van der Waals surface area (Å²) >= 11 is 6.04. The van der Waals surface area contributed by atoms with Gasteiger partial charge in [0.15, 0.2) is 0 Å². The normalized spacial score (nSPS) is 18.7. The number of pyridine rings is 1. The van der Waals surface area contributed by atoms with Gasteiger partial charge in [0.2, 0.25) is 5.82 Å². The molecule has 1 fully saturated rings. The SMILES string of the molecule is Cn1cncc1-c1cc(Cl)nc(C(=O)NC2CC(c3ccnc(C(F)(F)F)c3)C2)n1. The smallest absolute Gasteiger partial charge is 0.347 e. The van der Waals surface area contributed by atoms with E-state index < -0.39 is 17.8 Å². The van der Waals surface area contributed by atoms with Crippen molar-refractivity contribution in [1.29, 1.82) is 0 Å². The lowest BCUT2D eigenvalue weighted by Crippen LogP contribution is -2.44. The third-order valence-electron chi connectivity index (χ3n) is 5.00. The second kappa shape index (κ2) is 7.67. The fourth-order valence-corrected chi connectivity index (χ4v) is 3.55. The minimum atomic E-state index is -4.48. The van der Waals surface area contributed by atoms with Crippen molar-refractivity contribution in [2.24, 2.45) is 7.05 Å². The lowest BCUT2D eigenvalue weighted by molar-refractivity contribution is -0.141. The highest BCUT2D eigenvalue weighted by atomic mass is 35.5. The van der Waals surface area contributed by atoms with Crippen molar-refractivity contribution in [2.75, 3.05) is 0 Å². The number of hydrogen-bond acceptors (Lipinski definition) is 5. The summed E-state index contributed by atoms with van der Waals surface area (Å²) in [5, 5.41) is 2.93. The van der Waals surface area contributed by atoms with Crippen molar-refractivity contribution in [2.45, 2.75) is 31.0 Å². The first kappa shape index (κ1) is 20.3.